The van der Waals surface area contributed by atoms with E-state index in [1.807, 2.05) is 0 Å². The molecule has 0 saturated carbocycles. The molecule has 0 aromatic heterocycles. The molecule has 0 spiro atoms. The van der Waals surface area contributed by atoms with Gasteiger partial charge in [0.15, 0.2) is 12.4 Å². The number of esters is 2. The van der Waals surface area contributed by atoms with Crippen molar-refractivity contribution in [1.29, 1.82) is 0 Å². The molecule has 0 N–H and O–H groups in total. The van der Waals surface area contributed by atoms with Crippen LogP contribution >= 0.6 is 11.6 Å². The Morgan fingerprint density at radius 3 is 2.52 bits per heavy atom. The number of carbonyl (C=O) groups excluding carboxylic acids is 3. The molecule has 0 bridgehead atoms. The minimum Gasteiger partial charge on any atom is -0.462 e. The average Bonchev–Trinajstić information content (AvgIpc) is 2.47. The minimum atomic E-state index is -0.806. The van der Waals surface area contributed by atoms with E-state index < -0.39 is 17.4 Å². The highest BCUT2D eigenvalue weighted by Gasteiger charge is 2.29. The van der Waals surface area contributed by atoms with Gasteiger partial charge in [-0.15, -0.1) is 0 Å². The number of hydrogen-bond donors (Lipinski definition) is 0. The fourth-order valence-electron chi connectivity index (χ4n) is 1.61. The quantitative estimate of drug-likeness (QED) is 0.440. The highest BCUT2D eigenvalue weighted by atomic mass is 35.5. The van der Waals surface area contributed by atoms with Gasteiger partial charge >= 0.3 is 11.9 Å². The van der Waals surface area contributed by atoms with E-state index in [9.17, 15) is 14.4 Å². The van der Waals surface area contributed by atoms with Crippen LogP contribution in [0.25, 0.3) is 0 Å². The Hall–Kier alpha value is -1.88. The Morgan fingerprint density at radius 1 is 1.24 bits per heavy atom. The van der Waals surface area contributed by atoms with Gasteiger partial charge < -0.3 is 9.47 Å². The topological polar surface area (TPSA) is 69.7 Å². The largest absolute Gasteiger partial charge is 0.462 e. The monoisotopic (exact) mass is 312 g/mol. The van der Waals surface area contributed by atoms with Gasteiger partial charge in [-0.3, -0.25) is 9.59 Å². The number of ether oxygens (including phenoxy) is 2. The van der Waals surface area contributed by atoms with E-state index in [2.05, 4.69) is 0 Å². The number of benzene rings is 1. The maximum Gasteiger partial charge on any atom is 0.338 e. The fraction of sp³-hybridized carbons (Fsp3) is 0.400. The van der Waals surface area contributed by atoms with Crippen LogP contribution in [0.15, 0.2) is 24.3 Å². The summed E-state index contributed by atoms with van der Waals surface area (Å²) >= 11 is 5.34. The van der Waals surface area contributed by atoms with E-state index in [0.29, 0.717) is 6.29 Å². The molecule has 1 rings (SSSR count). The molecule has 1 aromatic rings. The Kier molecular flexibility index (Phi) is 6.37. The second-order valence-corrected chi connectivity index (χ2v) is 5.23. The maximum atomic E-state index is 11.9. The van der Waals surface area contributed by atoms with E-state index in [-0.39, 0.29) is 30.2 Å². The molecule has 0 saturated heterocycles. The molecule has 0 unspecified atom stereocenters. The first kappa shape index (κ1) is 17.2. The molecule has 0 aliphatic carbocycles. The number of rotatable bonds is 7. The number of halogens is 1. The summed E-state index contributed by atoms with van der Waals surface area (Å²) in [6.45, 7) is 3.39. The summed E-state index contributed by atoms with van der Waals surface area (Å²) < 4.78 is 9.82. The van der Waals surface area contributed by atoms with Crippen LogP contribution < -0.4 is 0 Å². The Balaban J connectivity index is 2.58. The molecular weight excluding hydrogens is 296 g/mol. The van der Waals surface area contributed by atoms with Gasteiger partial charge in [0, 0.05) is 5.56 Å². The number of carbonyl (C=O) groups is 3. The van der Waals surface area contributed by atoms with Gasteiger partial charge in [-0.25, -0.2) is 4.79 Å². The third-order valence-electron chi connectivity index (χ3n) is 3.01. The van der Waals surface area contributed by atoms with Crippen molar-refractivity contribution < 1.29 is 23.9 Å². The second-order valence-electron chi connectivity index (χ2n) is 5.02. The summed E-state index contributed by atoms with van der Waals surface area (Å²) in [4.78, 5) is 34.3. The summed E-state index contributed by atoms with van der Waals surface area (Å²) in [5.74, 6) is -1.05. The first-order valence-corrected chi connectivity index (χ1v) is 6.90. The molecule has 0 fully saturated rings. The summed E-state index contributed by atoms with van der Waals surface area (Å²) in [6.07, 6.45) is 0.885. The lowest BCUT2D eigenvalue weighted by Crippen LogP contribution is -2.28. The molecule has 6 heteroatoms. The van der Waals surface area contributed by atoms with Crippen molar-refractivity contribution in [2.45, 2.75) is 20.3 Å². The van der Waals surface area contributed by atoms with Crippen LogP contribution in [0.3, 0.4) is 0 Å². The summed E-state index contributed by atoms with van der Waals surface area (Å²) in [7, 11) is 0. The zero-order valence-electron chi connectivity index (χ0n) is 11.9. The zero-order chi connectivity index (χ0) is 15.9. The van der Waals surface area contributed by atoms with Gasteiger partial charge in [0.05, 0.1) is 17.6 Å². The third-order valence-corrected chi connectivity index (χ3v) is 3.12. The Morgan fingerprint density at radius 2 is 1.90 bits per heavy atom. The van der Waals surface area contributed by atoms with E-state index in [4.69, 9.17) is 21.1 Å². The van der Waals surface area contributed by atoms with E-state index in [1.54, 1.807) is 26.0 Å². The van der Waals surface area contributed by atoms with Crippen molar-refractivity contribution in [1.82, 2.24) is 0 Å². The Labute approximate surface area is 128 Å². The van der Waals surface area contributed by atoms with Crippen molar-refractivity contribution in [3.63, 3.8) is 0 Å². The minimum absolute atomic E-state index is 0.0381. The van der Waals surface area contributed by atoms with Gasteiger partial charge in [0.2, 0.25) is 0 Å². The number of hydrogen-bond acceptors (Lipinski definition) is 5. The van der Waals surface area contributed by atoms with Crippen molar-refractivity contribution in [3.8, 4) is 0 Å². The molecular formula is C15H17ClO5. The van der Waals surface area contributed by atoms with Gasteiger partial charge in [0.1, 0.15) is 0 Å². The van der Waals surface area contributed by atoms with Crippen LogP contribution in [-0.4, -0.2) is 30.9 Å². The molecule has 0 heterocycles. The van der Waals surface area contributed by atoms with E-state index >= 15 is 0 Å². The van der Waals surface area contributed by atoms with E-state index in [1.165, 1.54) is 12.1 Å². The summed E-state index contributed by atoms with van der Waals surface area (Å²) in [5.41, 5.74) is -0.337. The normalized spacial score (nSPS) is 10.8. The average molecular weight is 313 g/mol. The molecule has 1 aromatic carbocycles. The smallest absolute Gasteiger partial charge is 0.338 e. The van der Waals surface area contributed by atoms with Gasteiger partial charge in [-0.2, -0.15) is 0 Å². The van der Waals surface area contributed by atoms with Crippen molar-refractivity contribution in [2.75, 3.05) is 12.7 Å². The van der Waals surface area contributed by atoms with Gasteiger partial charge in [0.25, 0.3) is 0 Å². The second kappa shape index (κ2) is 7.78. The van der Waals surface area contributed by atoms with Crippen molar-refractivity contribution in [2.24, 2.45) is 5.41 Å². The summed E-state index contributed by atoms with van der Waals surface area (Å²) in [6, 6.07) is 6.14. The number of alkyl halides is 1. The molecule has 5 nitrogen and oxygen atoms in total. The lowest BCUT2D eigenvalue weighted by atomic mass is 9.90. The molecule has 0 amide bonds. The Bertz CT molecular complexity index is 525. The van der Waals surface area contributed by atoms with Gasteiger partial charge in [-0.05, 0) is 26.3 Å². The SMILES string of the molecule is CC(C)(CCOC(=O)c1ccccc1C=O)C(=O)OCCl. The van der Waals surface area contributed by atoms with Crippen LogP contribution in [0.5, 0.6) is 0 Å². The van der Waals surface area contributed by atoms with Gasteiger partial charge in [-0.1, -0.05) is 29.8 Å². The molecule has 0 aliphatic rings. The maximum absolute atomic E-state index is 11.9. The third kappa shape index (κ3) is 4.86. The molecule has 21 heavy (non-hydrogen) atoms. The summed E-state index contributed by atoms with van der Waals surface area (Å²) in [5, 5.41) is 0. The highest BCUT2D eigenvalue weighted by molar-refractivity contribution is 6.17. The van der Waals surface area contributed by atoms with Crippen LogP contribution in [0, 0.1) is 5.41 Å². The predicted molar refractivity (Wildman–Crippen MR) is 77.3 cm³/mol. The first-order valence-electron chi connectivity index (χ1n) is 6.37. The van der Waals surface area contributed by atoms with Crippen LogP contribution in [0.1, 0.15) is 41.0 Å². The predicted octanol–water partition coefficient (Wildman–Crippen LogP) is 2.81. The van der Waals surface area contributed by atoms with E-state index in [0.717, 1.165) is 0 Å². The fourth-order valence-corrected chi connectivity index (χ4v) is 1.71. The van der Waals surface area contributed by atoms with Crippen LogP contribution in [-0.2, 0) is 14.3 Å². The van der Waals surface area contributed by atoms with Crippen LogP contribution in [0.2, 0.25) is 0 Å². The number of aldehydes is 1. The van der Waals surface area contributed by atoms with Crippen LogP contribution in [0.4, 0.5) is 0 Å². The van der Waals surface area contributed by atoms with Crippen molar-refractivity contribution >= 4 is 29.8 Å². The van der Waals surface area contributed by atoms with Crippen molar-refractivity contribution in [3.05, 3.63) is 35.4 Å². The lowest BCUT2D eigenvalue weighted by molar-refractivity contribution is -0.152. The molecule has 0 radical (unpaired) electrons. The standard InChI is InChI=1S/C15H17ClO5/c1-15(2,14(19)21-10-16)7-8-20-13(18)12-6-4-3-5-11(12)9-17/h3-6,9H,7-8,10H2,1-2H3. The molecule has 0 atom stereocenters. The first-order chi connectivity index (χ1) is 9.92. The molecule has 114 valence electrons. The lowest BCUT2D eigenvalue weighted by Gasteiger charge is -2.21. The highest BCUT2D eigenvalue weighted by Crippen LogP contribution is 2.22. The molecule has 0 aliphatic heterocycles. The zero-order valence-corrected chi connectivity index (χ0v) is 12.7.